The van der Waals surface area contributed by atoms with E-state index in [-0.39, 0.29) is 11.8 Å². The Morgan fingerprint density at radius 3 is 2.95 bits per heavy atom. The number of aryl methyl sites for hydroxylation is 1. The molecule has 2 unspecified atom stereocenters. The van der Waals surface area contributed by atoms with Gasteiger partial charge in [-0.05, 0) is 44.4 Å². The van der Waals surface area contributed by atoms with E-state index in [1.165, 1.54) is 18.4 Å². The Kier molecular flexibility index (Phi) is 3.85. The quantitative estimate of drug-likeness (QED) is 0.881. The number of nitrogens with one attached hydrogen (secondary N) is 1. The number of carbonyl (C=O) groups is 1. The van der Waals surface area contributed by atoms with Gasteiger partial charge in [0.2, 0.25) is 0 Å². The summed E-state index contributed by atoms with van der Waals surface area (Å²) in [5.74, 6) is 0.298. The molecule has 5 nitrogen and oxygen atoms in total. The molecule has 1 aromatic rings. The minimum absolute atomic E-state index is 0.194. The van der Waals surface area contributed by atoms with Crippen molar-refractivity contribution in [3.63, 3.8) is 0 Å². The number of rotatable bonds is 4. The Hall–Kier alpha value is -1.65. The van der Waals surface area contributed by atoms with Crippen molar-refractivity contribution in [2.24, 2.45) is 11.8 Å². The fraction of sp³-hybridized carbons (Fsp3) is 0.667. The van der Waals surface area contributed by atoms with Crippen LogP contribution in [-0.2, 0) is 17.6 Å². The fourth-order valence-electron chi connectivity index (χ4n) is 3.51. The lowest BCUT2D eigenvalue weighted by atomic mass is 9.95. The zero-order valence-corrected chi connectivity index (χ0v) is 11.6. The molecule has 2 atom stereocenters. The molecular weight excluding hydrogens is 254 g/mol. The van der Waals surface area contributed by atoms with Crippen molar-refractivity contribution >= 4 is 11.8 Å². The molecule has 0 spiro atoms. The smallest absolute Gasteiger partial charge is 0.306 e. The number of hydrogen-bond donors (Lipinski definition) is 2. The number of fused-ring (bicyclic) bond motifs is 1. The summed E-state index contributed by atoms with van der Waals surface area (Å²) >= 11 is 0. The first kappa shape index (κ1) is 13.3. The van der Waals surface area contributed by atoms with Crippen LogP contribution in [0, 0.1) is 11.8 Å². The number of carboxylic acid groups (broad SMARTS) is 1. The molecule has 0 saturated heterocycles. The molecule has 108 valence electrons. The van der Waals surface area contributed by atoms with E-state index in [0.717, 1.165) is 43.6 Å². The van der Waals surface area contributed by atoms with Crippen LogP contribution in [0.3, 0.4) is 0 Å². The number of hydrogen-bond acceptors (Lipinski definition) is 4. The zero-order valence-electron chi connectivity index (χ0n) is 11.6. The van der Waals surface area contributed by atoms with Crippen molar-refractivity contribution in [1.82, 2.24) is 9.97 Å². The van der Waals surface area contributed by atoms with Crippen molar-refractivity contribution in [3.05, 3.63) is 17.6 Å². The fourth-order valence-corrected chi connectivity index (χ4v) is 3.51. The van der Waals surface area contributed by atoms with Crippen molar-refractivity contribution < 1.29 is 9.90 Å². The highest BCUT2D eigenvalue weighted by Crippen LogP contribution is 2.32. The molecule has 0 aromatic carbocycles. The van der Waals surface area contributed by atoms with E-state index in [1.807, 2.05) is 0 Å². The second-order valence-corrected chi connectivity index (χ2v) is 5.87. The Balaban J connectivity index is 1.68. The van der Waals surface area contributed by atoms with Crippen LogP contribution < -0.4 is 5.32 Å². The van der Waals surface area contributed by atoms with Gasteiger partial charge in [0.1, 0.15) is 12.1 Å². The van der Waals surface area contributed by atoms with E-state index in [1.54, 1.807) is 6.33 Å². The van der Waals surface area contributed by atoms with E-state index in [9.17, 15) is 9.90 Å². The van der Waals surface area contributed by atoms with Gasteiger partial charge in [0.25, 0.3) is 0 Å². The molecule has 0 bridgehead atoms. The van der Waals surface area contributed by atoms with E-state index in [0.29, 0.717) is 6.54 Å². The molecule has 20 heavy (non-hydrogen) atoms. The summed E-state index contributed by atoms with van der Waals surface area (Å²) in [6, 6.07) is 0. The normalized spacial score (nSPS) is 25.2. The second kappa shape index (κ2) is 5.77. The van der Waals surface area contributed by atoms with Gasteiger partial charge in [0, 0.05) is 17.8 Å². The summed E-state index contributed by atoms with van der Waals surface area (Å²) in [5, 5.41) is 12.6. The maximum atomic E-state index is 11.2. The third kappa shape index (κ3) is 2.62. The molecule has 2 aliphatic rings. The summed E-state index contributed by atoms with van der Waals surface area (Å²) in [6.07, 6.45) is 8.91. The van der Waals surface area contributed by atoms with Crippen molar-refractivity contribution in [3.8, 4) is 0 Å². The average molecular weight is 275 g/mol. The predicted octanol–water partition coefficient (Wildman–Crippen LogP) is 2.27. The van der Waals surface area contributed by atoms with Gasteiger partial charge in [-0.25, -0.2) is 9.97 Å². The maximum absolute atomic E-state index is 11.2. The summed E-state index contributed by atoms with van der Waals surface area (Å²) in [6.45, 7) is 0.709. The van der Waals surface area contributed by atoms with Crippen LogP contribution in [0.4, 0.5) is 5.82 Å². The summed E-state index contributed by atoms with van der Waals surface area (Å²) in [5.41, 5.74) is 2.40. The highest BCUT2D eigenvalue weighted by Gasteiger charge is 2.32. The van der Waals surface area contributed by atoms with Crippen LogP contribution in [-0.4, -0.2) is 27.6 Å². The number of carboxylic acids is 1. The minimum atomic E-state index is -0.654. The molecule has 0 aliphatic heterocycles. The van der Waals surface area contributed by atoms with Gasteiger partial charge in [0.05, 0.1) is 5.92 Å². The van der Waals surface area contributed by atoms with Crippen LogP contribution in [0.15, 0.2) is 6.33 Å². The second-order valence-electron chi connectivity index (χ2n) is 5.87. The van der Waals surface area contributed by atoms with E-state index in [2.05, 4.69) is 15.3 Å². The first-order valence-electron chi connectivity index (χ1n) is 7.55. The molecule has 1 heterocycles. The molecule has 1 fully saturated rings. The minimum Gasteiger partial charge on any atom is -0.481 e. The number of aliphatic carboxylic acids is 1. The molecule has 2 N–H and O–H groups in total. The van der Waals surface area contributed by atoms with Crippen LogP contribution >= 0.6 is 0 Å². The van der Waals surface area contributed by atoms with Gasteiger partial charge < -0.3 is 10.4 Å². The first-order chi connectivity index (χ1) is 9.75. The van der Waals surface area contributed by atoms with Crippen LogP contribution in [0.5, 0.6) is 0 Å². The summed E-state index contributed by atoms with van der Waals surface area (Å²) < 4.78 is 0. The van der Waals surface area contributed by atoms with Gasteiger partial charge in [-0.1, -0.05) is 6.42 Å². The summed E-state index contributed by atoms with van der Waals surface area (Å²) in [7, 11) is 0. The zero-order chi connectivity index (χ0) is 13.9. The van der Waals surface area contributed by atoms with Gasteiger partial charge in [-0.15, -0.1) is 0 Å². The van der Waals surface area contributed by atoms with Crippen LogP contribution in [0.25, 0.3) is 0 Å². The Labute approximate surface area is 118 Å². The topological polar surface area (TPSA) is 75.1 Å². The van der Waals surface area contributed by atoms with E-state index in [4.69, 9.17) is 0 Å². The lowest BCUT2D eigenvalue weighted by Crippen LogP contribution is -2.25. The number of aromatic nitrogens is 2. The Morgan fingerprint density at radius 1 is 1.25 bits per heavy atom. The van der Waals surface area contributed by atoms with E-state index >= 15 is 0 Å². The third-order valence-electron chi connectivity index (χ3n) is 4.63. The Bertz CT molecular complexity index is 504. The SMILES string of the molecule is O=C(O)C1CCCC1CNc1ncnc2c1CCCC2. The molecular formula is C15H21N3O2. The largest absolute Gasteiger partial charge is 0.481 e. The van der Waals surface area contributed by atoms with Crippen molar-refractivity contribution in [1.29, 1.82) is 0 Å². The van der Waals surface area contributed by atoms with E-state index < -0.39 is 5.97 Å². The Morgan fingerprint density at radius 2 is 2.10 bits per heavy atom. The lowest BCUT2D eigenvalue weighted by Gasteiger charge is -2.21. The highest BCUT2D eigenvalue weighted by atomic mass is 16.4. The third-order valence-corrected chi connectivity index (χ3v) is 4.63. The predicted molar refractivity (Wildman–Crippen MR) is 75.6 cm³/mol. The molecule has 0 amide bonds. The highest BCUT2D eigenvalue weighted by molar-refractivity contribution is 5.70. The van der Waals surface area contributed by atoms with Gasteiger partial charge in [0.15, 0.2) is 0 Å². The molecule has 1 aromatic heterocycles. The molecule has 0 radical (unpaired) electrons. The first-order valence-corrected chi connectivity index (χ1v) is 7.55. The lowest BCUT2D eigenvalue weighted by molar-refractivity contribution is -0.142. The van der Waals surface area contributed by atoms with Crippen LogP contribution in [0.1, 0.15) is 43.4 Å². The van der Waals surface area contributed by atoms with Crippen LogP contribution in [0.2, 0.25) is 0 Å². The summed E-state index contributed by atoms with van der Waals surface area (Å²) in [4.78, 5) is 19.9. The van der Waals surface area contributed by atoms with Gasteiger partial charge >= 0.3 is 5.97 Å². The standard InChI is InChI=1S/C15H21N3O2/c19-15(20)11-6-3-4-10(11)8-16-14-12-5-1-2-7-13(12)17-9-18-14/h9-11H,1-8H2,(H,19,20)(H,16,17,18). The molecule has 5 heteroatoms. The van der Waals surface area contributed by atoms with Crippen molar-refractivity contribution in [2.75, 3.05) is 11.9 Å². The average Bonchev–Trinajstić information content (AvgIpc) is 2.93. The van der Waals surface area contributed by atoms with Gasteiger partial charge in [-0.2, -0.15) is 0 Å². The van der Waals surface area contributed by atoms with Gasteiger partial charge in [-0.3, -0.25) is 4.79 Å². The molecule has 2 aliphatic carbocycles. The maximum Gasteiger partial charge on any atom is 0.306 e. The molecule has 1 saturated carbocycles. The number of anilines is 1. The molecule has 3 rings (SSSR count). The van der Waals surface area contributed by atoms with Crippen molar-refractivity contribution in [2.45, 2.75) is 44.9 Å². The number of nitrogens with zero attached hydrogens (tertiary/aromatic N) is 2. The monoisotopic (exact) mass is 275 g/mol.